The molecule has 0 bridgehead atoms. The number of carbonyl (C=O) groups is 1. The van der Waals surface area contributed by atoms with E-state index < -0.39 is 23.1 Å². The fraction of sp³-hybridized carbons (Fsp3) is 0.0714. The molecule has 1 N–H and O–H groups in total. The normalized spacial score (nSPS) is 10.4. The molecule has 0 saturated carbocycles. The summed E-state index contributed by atoms with van der Waals surface area (Å²) in [4.78, 5) is 12.0. The Kier molecular flexibility index (Phi) is 4.55. The van der Waals surface area contributed by atoms with Crippen LogP contribution < -0.4 is 5.32 Å². The van der Waals surface area contributed by atoms with Gasteiger partial charge in [0.15, 0.2) is 0 Å². The number of hydrogen-bond donors (Lipinski definition) is 1. The van der Waals surface area contributed by atoms with Gasteiger partial charge in [0.2, 0.25) is 0 Å². The minimum atomic E-state index is -0.901. The average molecular weight is 405 g/mol. The Hall–Kier alpha value is -1.27. The Morgan fingerprint density at radius 2 is 1.60 bits per heavy atom. The summed E-state index contributed by atoms with van der Waals surface area (Å²) in [6, 6.07) is 6.86. The van der Waals surface area contributed by atoms with Gasteiger partial charge in [-0.3, -0.25) is 4.79 Å². The molecule has 0 fully saturated rings. The van der Waals surface area contributed by atoms with Crippen molar-refractivity contribution in [3.8, 4) is 0 Å². The molecule has 0 saturated heterocycles. The highest BCUT2D eigenvalue weighted by molar-refractivity contribution is 9.11. The molecule has 0 aliphatic carbocycles. The Morgan fingerprint density at radius 3 is 2.10 bits per heavy atom. The second kappa shape index (κ2) is 6.01. The van der Waals surface area contributed by atoms with Gasteiger partial charge in [-0.25, -0.2) is 8.78 Å². The van der Waals surface area contributed by atoms with Gasteiger partial charge in [0.05, 0.1) is 5.69 Å². The molecule has 0 unspecified atom stereocenters. The van der Waals surface area contributed by atoms with E-state index in [1.54, 1.807) is 12.1 Å². The van der Waals surface area contributed by atoms with Crippen molar-refractivity contribution >= 4 is 43.5 Å². The first-order valence-corrected chi connectivity index (χ1v) is 7.19. The lowest BCUT2D eigenvalue weighted by Gasteiger charge is -2.11. The number of halogens is 4. The minimum absolute atomic E-state index is 0.420. The van der Waals surface area contributed by atoms with Crippen molar-refractivity contribution in [1.82, 2.24) is 0 Å². The van der Waals surface area contributed by atoms with Crippen molar-refractivity contribution < 1.29 is 13.6 Å². The van der Waals surface area contributed by atoms with Crippen molar-refractivity contribution in [2.75, 3.05) is 5.32 Å². The summed E-state index contributed by atoms with van der Waals surface area (Å²) in [6.45, 7) is 1.89. The third-order valence-electron chi connectivity index (χ3n) is 2.61. The van der Waals surface area contributed by atoms with Gasteiger partial charge in [-0.1, -0.05) is 6.07 Å². The van der Waals surface area contributed by atoms with Crippen LogP contribution in [0.25, 0.3) is 0 Å². The van der Waals surface area contributed by atoms with Crippen molar-refractivity contribution in [1.29, 1.82) is 0 Å². The quantitative estimate of drug-likeness (QED) is 0.745. The lowest BCUT2D eigenvalue weighted by Crippen LogP contribution is -2.16. The van der Waals surface area contributed by atoms with Crippen molar-refractivity contribution in [2.24, 2.45) is 0 Å². The number of nitrogens with one attached hydrogen (secondary N) is 1. The lowest BCUT2D eigenvalue weighted by atomic mass is 10.1. The van der Waals surface area contributed by atoms with Crippen LogP contribution in [0.4, 0.5) is 14.5 Å². The Morgan fingerprint density at radius 1 is 1.10 bits per heavy atom. The molecular weight excluding hydrogens is 396 g/mol. The van der Waals surface area contributed by atoms with Crippen LogP contribution in [0.5, 0.6) is 0 Å². The zero-order chi connectivity index (χ0) is 14.9. The van der Waals surface area contributed by atoms with Gasteiger partial charge in [-0.2, -0.15) is 0 Å². The third kappa shape index (κ3) is 3.07. The molecule has 6 heteroatoms. The highest BCUT2D eigenvalue weighted by atomic mass is 79.9. The molecule has 2 aromatic rings. The number of aryl methyl sites for hydroxylation is 1. The van der Waals surface area contributed by atoms with E-state index in [0.717, 1.165) is 17.7 Å². The maximum absolute atomic E-state index is 13.5. The summed E-state index contributed by atoms with van der Waals surface area (Å²) in [7, 11) is 0. The van der Waals surface area contributed by atoms with Gasteiger partial charge in [-0.05, 0) is 68.6 Å². The summed E-state index contributed by atoms with van der Waals surface area (Å²) >= 11 is 6.61. The Balaban J connectivity index is 2.38. The van der Waals surface area contributed by atoms with E-state index in [4.69, 9.17) is 0 Å². The highest BCUT2D eigenvalue weighted by Gasteiger charge is 2.19. The van der Waals surface area contributed by atoms with Gasteiger partial charge in [0.1, 0.15) is 17.2 Å². The van der Waals surface area contributed by atoms with Crippen molar-refractivity contribution in [3.63, 3.8) is 0 Å². The minimum Gasteiger partial charge on any atom is -0.320 e. The summed E-state index contributed by atoms with van der Waals surface area (Å²) < 4.78 is 28.3. The van der Waals surface area contributed by atoms with Gasteiger partial charge in [-0.15, -0.1) is 0 Å². The second-order valence-corrected chi connectivity index (χ2v) is 5.86. The molecule has 0 spiro atoms. The standard InChI is InChI=1S/C14H9Br2F2NO/c1-7-5-8(15)13(9(16)6-7)19-14(20)12-10(17)3-2-4-11(12)18/h2-6H,1H3,(H,19,20). The van der Waals surface area contributed by atoms with Crippen LogP contribution in [0.1, 0.15) is 15.9 Å². The zero-order valence-electron chi connectivity index (χ0n) is 10.3. The maximum atomic E-state index is 13.5. The van der Waals surface area contributed by atoms with Gasteiger partial charge >= 0.3 is 0 Å². The van der Waals surface area contributed by atoms with E-state index in [9.17, 15) is 13.6 Å². The van der Waals surface area contributed by atoms with Crippen LogP contribution in [-0.4, -0.2) is 5.91 Å². The topological polar surface area (TPSA) is 29.1 Å². The summed E-state index contributed by atoms with van der Waals surface area (Å²) in [5.74, 6) is -2.64. The van der Waals surface area contributed by atoms with E-state index in [2.05, 4.69) is 37.2 Å². The first-order chi connectivity index (χ1) is 9.40. The molecule has 0 radical (unpaired) electrons. The third-order valence-corrected chi connectivity index (χ3v) is 3.87. The van der Waals surface area contributed by atoms with Crippen molar-refractivity contribution in [2.45, 2.75) is 6.92 Å². The van der Waals surface area contributed by atoms with Gasteiger partial charge in [0.25, 0.3) is 5.91 Å². The summed E-state index contributed by atoms with van der Waals surface area (Å²) in [5, 5.41) is 2.49. The number of rotatable bonds is 2. The number of benzene rings is 2. The molecule has 20 heavy (non-hydrogen) atoms. The Labute approximate surface area is 131 Å². The molecule has 0 atom stereocenters. The molecular formula is C14H9Br2F2NO. The van der Waals surface area contributed by atoms with Crippen molar-refractivity contribution in [3.05, 3.63) is 62.0 Å². The fourth-order valence-electron chi connectivity index (χ4n) is 1.71. The molecule has 2 aromatic carbocycles. The predicted molar refractivity (Wildman–Crippen MR) is 80.9 cm³/mol. The molecule has 0 aliphatic rings. The monoisotopic (exact) mass is 403 g/mol. The van der Waals surface area contributed by atoms with E-state index in [1.807, 2.05) is 6.92 Å². The lowest BCUT2D eigenvalue weighted by molar-refractivity contribution is 0.101. The molecule has 0 heterocycles. The van der Waals surface area contributed by atoms with E-state index in [1.165, 1.54) is 6.07 Å². The van der Waals surface area contributed by atoms with Crippen LogP contribution in [-0.2, 0) is 0 Å². The predicted octanol–water partition coefficient (Wildman–Crippen LogP) is 5.05. The first-order valence-electron chi connectivity index (χ1n) is 5.61. The summed E-state index contributed by atoms with van der Waals surface area (Å²) in [6.07, 6.45) is 0. The zero-order valence-corrected chi connectivity index (χ0v) is 13.5. The van der Waals surface area contributed by atoms with Crippen LogP contribution in [0.3, 0.4) is 0 Å². The van der Waals surface area contributed by atoms with E-state index in [0.29, 0.717) is 14.6 Å². The number of anilines is 1. The largest absolute Gasteiger partial charge is 0.320 e. The molecule has 1 amide bonds. The first kappa shape index (κ1) is 15.1. The summed E-state index contributed by atoms with van der Waals surface area (Å²) in [5.41, 5.74) is 0.786. The number of carbonyl (C=O) groups excluding carboxylic acids is 1. The van der Waals surface area contributed by atoms with Crippen LogP contribution >= 0.6 is 31.9 Å². The van der Waals surface area contributed by atoms with Crippen LogP contribution in [0.15, 0.2) is 39.3 Å². The average Bonchev–Trinajstić information content (AvgIpc) is 2.33. The fourth-order valence-corrected chi connectivity index (χ4v) is 3.32. The van der Waals surface area contributed by atoms with Gasteiger partial charge < -0.3 is 5.32 Å². The van der Waals surface area contributed by atoms with Crippen LogP contribution in [0, 0.1) is 18.6 Å². The van der Waals surface area contributed by atoms with E-state index >= 15 is 0 Å². The SMILES string of the molecule is Cc1cc(Br)c(NC(=O)c2c(F)cccc2F)c(Br)c1. The highest BCUT2D eigenvalue weighted by Crippen LogP contribution is 2.32. The maximum Gasteiger partial charge on any atom is 0.261 e. The second-order valence-electron chi connectivity index (χ2n) is 4.15. The molecule has 0 aromatic heterocycles. The molecule has 0 aliphatic heterocycles. The number of hydrogen-bond acceptors (Lipinski definition) is 1. The van der Waals surface area contributed by atoms with Gasteiger partial charge in [0, 0.05) is 8.95 Å². The molecule has 2 nitrogen and oxygen atoms in total. The molecule has 2 rings (SSSR count). The molecule has 104 valence electrons. The van der Waals surface area contributed by atoms with Crippen LogP contribution in [0.2, 0.25) is 0 Å². The smallest absolute Gasteiger partial charge is 0.261 e. The Bertz CT molecular complexity index is 646. The van der Waals surface area contributed by atoms with E-state index in [-0.39, 0.29) is 0 Å². The number of amides is 1.